The fraction of sp³-hybridized carbons (Fsp3) is 0.381. The van der Waals surface area contributed by atoms with Gasteiger partial charge in [-0.15, -0.1) is 11.8 Å². The molecule has 0 saturated heterocycles. The van der Waals surface area contributed by atoms with Crippen molar-refractivity contribution in [1.82, 2.24) is 9.88 Å². The van der Waals surface area contributed by atoms with Crippen molar-refractivity contribution in [2.45, 2.75) is 43.7 Å². The zero-order chi connectivity index (χ0) is 17.8. The van der Waals surface area contributed by atoms with Gasteiger partial charge in [0.2, 0.25) is 0 Å². The van der Waals surface area contributed by atoms with E-state index >= 15 is 0 Å². The molecule has 1 saturated carbocycles. The summed E-state index contributed by atoms with van der Waals surface area (Å²) in [4.78, 5) is 6.77. The number of hydrogen-bond donors (Lipinski definition) is 0. The molecule has 1 unspecified atom stereocenters. The van der Waals surface area contributed by atoms with Crippen molar-refractivity contribution in [1.29, 1.82) is 0 Å². The van der Waals surface area contributed by atoms with Crippen LogP contribution in [0, 0.1) is 0 Å². The maximum absolute atomic E-state index is 6.27. The van der Waals surface area contributed by atoms with E-state index in [4.69, 9.17) is 9.47 Å². The molecular formula is C21H24N2O2S. The van der Waals surface area contributed by atoms with Crippen LogP contribution >= 0.6 is 11.8 Å². The largest absolute Gasteiger partial charge is 0.493 e. The van der Waals surface area contributed by atoms with Crippen molar-refractivity contribution in [3.63, 3.8) is 0 Å². The van der Waals surface area contributed by atoms with Gasteiger partial charge in [-0.05, 0) is 60.9 Å². The Balaban J connectivity index is 1.54. The maximum Gasteiger partial charge on any atom is 0.161 e. The lowest BCUT2D eigenvalue weighted by Gasteiger charge is -2.26. The minimum Gasteiger partial charge on any atom is -0.493 e. The standard InChI is InChI=1S/C21H24N2O2S/c1-24-19-10-9-16(14-20(19)25-18-7-2-3-8-18)21-23(12-13-26-21)15-17-6-4-5-11-22-17/h4-6,9-14,18,21H,2-3,7-8,15H2,1H3. The number of thioether (sulfide) groups is 1. The van der Waals surface area contributed by atoms with Crippen LogP contribution in [0.5, 0.6) is 11.5 Å². The van der Waals surface area contributed by atoms with Gasteiger partial charge in [0.05, 0.1) is 25.5 Å². The number of pyridine rings is 1. The molecule has 0 spiro atoms. The summed E-state index contributed by atoms with van der Waals surface area (Å²) in [5, 5.41) is 2.38. The van der Waals surface area contributed by atoms with Gasteiger partial charge in [0, 0.05) is 12.4 Å². The zero-order valence-electron chi connectivity index (χ0n) is 15.0. The molecule has 1 aliphatic carbocycles. The molecule has 0 N–H and O–H groups in total. The van der Waals surface area contributed by atoms with E-state index in [1.807, 2.05) is 36.2 Å². The molecule has 1 aromatic carbocycles. The quantitative estimate of drug-likeness (QED) is 0.706. The highest BCUT2D eigenvalue weighted by Gasteiger charge is 2.25. The summed E-state index contributed by atoms with van der Waals surface area (Å²) >= 11 is 1.81. The predicted molar refractivity (Wildman–Crippen MR) is 105 cm³/mol. The van der Waals surface area contributed by atoms with Gasteiger partial charge >= 0.3 is 0 Å². The number of rotatable bonds is 6. The first-order chi connectivity index (χ1) is 12.8. The minimum absolute atomic E-state index is 0.230. The third-order valence-electron chi connectivity index (χ3n) is 4.90. The van der Waals surface area contributed by atoms with Gasteiger partial charge in [-0.25, -0.2) is 0 Å². The van der Waals surface area contributed by atoms with E-state index in [1.165, 1.54) is 18.4 Å². The van der Waals surface area contributed by atoms with Crippen LogP contribution in [0.3, 0.4) is 0 Å². The van der Waals surface area contributed by atoms with E-state index in [0.29, 0.717) is 6.10 Å². The van der Waals surface area contributed by atoms with E-state index in [9.17, 15) is 0 Å². The molecule has 0 bridgehead atoms. The summed E-state index contributed by atoms with van der Waals surface area (Å²) in [5.41, 5.74) is 2.30. The highest BCUT2D eigenvalue weighted by molar-refractivity contribution is 8.02. The first-order valence-corrected chi connectivity index (χ1v) is 10.1. The van der Waals surface area contributed by atoms with Crippen molar-refractivity contribution in [3.8, 4) is 11.5 Å². The molecule has 2 heterocycles. The van der Waals surface area contributed by atoms with Gasteiger partial charge in [-0.3, -0.25) is 4.98 Å². The molecule has 4 rings (SSSR count). The topological polar surface area (TPSA) is 34.6 Å². The molecule has 1 aromatic heterocycles. The summed E-state index contributed by atoms with van der Waals surface area (Å²) in [6.45, 7) is 0.792. The van der Waals surface area contributed by atoms with Crippen LogP contribution in [0.2, 0.25) is 0 Å². The fourth-order valence-electron chi connectivity index (χ4n) is 3.55. The molecule has 136 valence electrons. The molecule has 1 atom stereocenters. The van der Waals surface area contributed by atoms with Crippen molar-refractivity contribution in [2.75, 3.05) is 7.11 Å². The number of nitrogens with zero attached hydrogens (tertiary/aromatic N) is 2. The normalized spacial score (nSPS) is 19.9. The van der Waals surface area contributed by atoms with Gasteiger partial charge in [0.25, 0.3) is 0 Å². The molecule has 26 heavy (non-hydrogen) atoms. The Morgan fingerprint density at radius 3 is 2.81 bits per heavy atom. The van der Waals surface area contributed by atoms with Crippen molar-refractivity contribution >= 4 is 11.8 Å². The second-order valence-electron chi connectivity index (χ2n) is 6.70. The average Bonchev–Trinajstić information content (AvgIpc) is 3.35. The zero-order valence-corrected chi connectivity index (χ0v) is 15.8. The number of aromatic nitrogens is 1. The number of ether oxygens (including phenoxy) is 2. The molecule has 0 amide bonds. The Labute approximate surface area is 159 Å². The van der Waals surface area contributed by atoms with E-state index in [0.717, 1.165) is 36.6 Å². The van der Waals surface area contributed by atoms with E-state index in [2.05, 4.69) is 39.7 Å². The molecule has 0 radical (unpaired) electrons. The van der Waals surface area contributed by atoms with Crippen LogP contribution in [0.1, 0.15) is 42.3 Å². The minimum atomic E-state index is 0.230. The molecule has 1 fully saturated rings. The second-order valence-corrected chi connectivity index (χ2v) is 7.69. The van der Waals surface area contributed by atoms with Crippen LogP contribution in [-0.2, 0) is 6.54 Å². The van der Waals surface area contributed by atoms with Crippen LogP contribution in [0.25, 0.3) is 0 Å². The first-order valence-electron chi connectivity index (χ1n) is 9.16. The Morgan fingerprint density at radius 2 is 2.04 bits per heavy atom. The van der Waals surface area contributed by atoms with Gasteiger partial charge in [-0.2, -0.15) is 0 Å². The summed E-state index contributed by atoms with van der Waals surface area (Å²) in [6, 6.07) is 12.4. The smallest absolute Gasteiger partial charge is 0.161 e. The fourth-order valence-corrected chi connectivity index (χ4v) is 4.53. The summed E-state index contributed by atoms with van der Waals surface area (Å²) in [6.07, 6.45) is 9.10. The number of benzene rings is 1. The lowest BCUT2D eigenvalue weighted by atomic mass is 10.1. The van der Waals surface area contributed by atoms with Crippen LogP contribution in [-0.4, -0.2) is 23.1 Å². The Morgan fingerprint density at radius 1 is 1.15 bits per heavy atom. The van der Waals surface area contributed by atoms with Gasteiger partial charge in [0.1, 0.15) is 5.37 Å². The number of methoxy groups -OCH3 is 1. The molecule has 5 heteroatoms. The second kappa shape index (κ2) is 8.04. The van der Waals surface area contributed by atoms with E-state index in [1.54, 1.807) is 7.11 Å². The molecule has 4 nitrogen and oxygen atoms in total. The van der Waals surface area contributed by atoms with Crippen molar-refractivity contribution in [3.05, 3.63) is 65.5 Å². The lowest BCUT2D eigenvalue weighted by Crippen LogP contribution is -2.19. The monoisotopic (exact) mass is 368 g/mol. The van der Waals surface area contributed by atoms with Crippen molar-refractivity contribution in [2.24, 2.45) is 0 Å². The molecule has 2 aliphatic rings. The molecular weight excluding hydrogens is 344 g/mol. The van der Waals surface area contributed by atoms with Gasteiger partial charge in [-0.1, -0.05) is 12.1 Å². The maximum atomic E-state index is 6.27. The van der Waals surface area contributed by atoms with E-state index in [-0.39, 0.29) is 5.37 Å². The Bertz CT molecular complexity index is 760. The van der Waals surface area contributed by atoms with Crippen LogP contribution in [0.4, 0.5) is 0 Å². The Hall–Kier alpha value is -2.14. The summed E-state index contributed by atoms with van der Waals surface area (Å²) < 4.78 is 11.8. The van der Waals surface area contributed by atoms with Crippen molar-refractivity contribution < 1.29 is 9.47 Å². The average molecular weight is 369 g/mol. The Kier molecular flexibility index (Phi) is 5.34. The SMILES string of the molecule is COc1ccc(C2SC=CN2Cc2ccccn2)cc1OC1CCCC1. The highest BCUT2D eigenvalue weighted by atomic mass is 32.2. The number of hydrogen-bond acceptors (Lipinski definition) is 5. The van der Waals surface area contributed by atoms with Crippen LogP contribution in [0.15, 0.2) is 54.2 Å². The molecule has 1 aliphatic heterocycles. The highest BCUT2D eigenvalue weighted by Crippen LogP contribution is 2.42. The predicted octanol–water partition coefficient (Wildman–Crippen LogP) is 5.13. The van der Waals surface area contributed by atoms with E-state index < -0.39 is 0 Å². The third-order valence-corrected chi connectivity index (χ3v) is 5.98. The third kappa shape index (κ3) is 3.83. The molecule has 2 aromatic rings. The summed E-state index contributed by atoms with van der Waals surface area (Å²) in [5.74, 6) is 1.68. The first kappa shape index (κ1) is 17.3. The van der Waals surface area contributed by atoms with Gasteiger partial charge in [0.15, 0.2) is 11.5 Å². The van der Waals surface area contributed by atoms with Gasteiger partial charge < -0.3 is 14.4 Å². The summed E-state index contributed by atoms with van der Waals surface area (Å²) in [7, 11) is 1.70. The lowest BCUT2D eigenvalue weighted by molar-refractivity contribution is 0.200. The van der Waals surface area contributed by atoms with Crippen LogP contribution < -0.4 is 9.47 Å².